The van der Waals surface area contributed by atoms with Gasteiger partial charge in [0, 0.05) is 27.1 Å². The minimum Gasteiger partial charge on any atom is -0.321 e. The van der Waals surface area contributed by atoms with Crippen LogP contribution in [0, 0.1) is 0 Å². The Bertz CT molecular complexity index is 1650. The van der Waals surface area contributed by atoms with Crippen LogP contribution >= 0.6 is 34.4 Å². The third kappa shape index (κ3) is 8.01. The summed E-state index contributed by atoms with van der Waals surface area (Å²) in [6, 6.07) is 27.6. The lowest BCUT2D eigenvalue weighted by Crippen LogP contribution is -2.30. The van der Waals surface area contributed by atoms with Crippen LogP contribution in [-0.4, -0.2) is 28.5 Å². The number of thiophene rings is 1. The van der Waals surface area contributed by atoms with Gasteiger partial charge < -0.3 is 16.0 Å². The Balaban J connectivity index is 1.16. The standard InChI is InChI=1S/C31H24N4O3S3/c36-28(35-31-34-27(19-41-31)22-7-3-1-4-8-22)20-40-25-13-11-24(12-14-25)32-30(38)26(17-21-15-16-39-18-21)33-29(37)23-9-5-2-6-10-23/h1-19H,20H2,(H,32,38)(H,33,37)(H,34,35,36)/b26-17-. The zero-order valence-electron chi connectivity index (χ0n) is 21.6. The van der Waals surface area contributed by atoms with Crippen LogP contribution in [0.25, 0.3) is 17.3 Å². The molecular formula is C31H24N4O3S3. The molecule has 0 aliphatic rings. The van der Waals surface area contributed by atoms with E-state index in [1.54, 1.807) is 42.5 Å². The molecule has 2 aromatic heterocycles. The molecule has 41 heavy (non-hydrogen) atoms. The van der Waals surface area contributed by atoms with E-state index in [0.717, 1.165) is 21.7 Å². The number of anilines is 2. The Hall–Kier alpha value is -4.51. The topological polar surface area (TPSA) is 100 Å². The van der Waals surface area contributed by atoms with Crippen LogP contribution in [-0.2, 0) is 9.59 Å². The molecule has 3 amide bonds. The number of nitrogens with zero attached hydrogens (tertiary/aromatic N) is 1. The fourth-order valence-electron chi connectivity index (χ4n) is 3.68. The SMILES string of the molecule is O=C(CSc1ccc(NC(=O)/C(=C/c2ccsc2)NC(=O)c2ccccc2)cc1)Nc1nc(-c2ccccc2)cs1. The number of hydrogen-bond acceptors (Lipinski definition) is 7. The summed E-state index contributed by atoms with van der Waals surface area (Å²) in [5.41, 5.74) is 3.78. The summed E-state index contributed by atoms with van der Waals surface area (Å²) in [6.45, 7) is 0. The first kappa shape index (κ1) is 28.0. The zero-order valence-corrected chi connectivity index (χ0v) is 24.0. The first-order valence-corrected chi connectivity index (χ1v) is 15.3. The van der Waals surface area contributed by atoms with E-state index in [2.05, 4.69) is 20.9 Å². The summed E-state index contributed by atoms with van der Waals surface area (Å²) in [5, 5.41) is 14.7. The predicted octanol–water partition coefficient (Wildman–Crippen LogP) is 7.01. The van der Waals surface area contributed by atoms with Gasteiger partial charge in [0.25, 0.3) is 11.8 Å². The van der Waals surface area contributed by atoms with Crippen molar-refractivity contribution in [2.45, 2.75) is 4.90 Å². The van der Waals surface area contributed by atoms with E-state index in [4.69, 9.17) is 0 Å². The maximum Gasteiger partial charge on any atom is 0.272 e. The van der Waals surface area contributed by atoms with Gasteiger partial charge in [0.1, 0.15) is 5.70 Å². The molecule has 2 heterocycles. The molecule has 5 rings (SSSR count). The highest BCUT2D eigenvalue weighted by Crippen LogP contribution is 2.26. The number of thiazole rings is 1. The molecule has 0 aliphatic carbocycles. The highest BCUT2D eigenvalue weighted by atomic mass is 32.2. The Morgan fingerprint density at radius 2 is 1.56 bits per heavy atom. The van der Waals surface area contributed by atoms with Crippen LogP contribution in [0.3, 0.4) is 0 Å². The van der Waals surface area contributed by atoms with E-state index in [1.165, 1.54) is 34.4 Å². The van der Waals surface area contributed by atoms with E-state index in [9.17, 15) is 14.4 Å². The number of carbonyl (C=O) groups excluding carboxylic acids is 3. The van der Waals surface area contributed by atoms with Crippen molar-refractivity contribution >= 4 is 69.1 Å². The summed E-state index contributed by atoms with van der Waals surface area (Å²) in [6.07, 6.45) is 1.64. The third-order valence-electron chi connectivity index (χ3n) is 5.69. The first-order chi connectivity index (χ1) is 20.0. The quantitative estimate of drug-likeness (QED) is 0.119. The second-order valence-electron chi connectivity index (χ2n) is 8.65. The van der Waals surface area contributed by atoms with E-state index in [1.807, 2.05) is 70.7 Å². The van der Waals surface area contributed by atoms with Gasteiger partial charge in [-0.1, -0.05) is 48.5 Å². The van der Waals surface area contributed by atoms with Crippen molar-refractivity contribution < 1.29 is 14.4 Å². The minimum absolute atomic E-state index is 0.130. The number of thioether (sulfide) groups is 1. The summed E-state index contributed by atoms with van der Waals surface area (Å²) in [5.74, 6) is -0.760. The fourth-order valence-corrected chi connectivity index (χ4v) is 5.73. The van der Waals surface area contributed by atoms with Crippen molar-refractivity contribution in [2.24, 2.45) is 0 Å². The summed E-state index contributed by atoms with van der Waals surface area (Å²) >= 11 is 4.26. The Morgan fingerprint density at radius 3 is 2.27 bits per heavy atom. The van der Waals surface area contributed by atoms with Gasteiger partial charge in [-0.3, -0.25) is 14.4 Å². The van der Waals surface area contributed by atoms with Crippen LogP contribution in [0.5, 0.6) is 0 Å². The number of nitrogens with one attached hydrogen (secondary N) is 3. The highest BCUT2D eigenvalue weighted by molar-refractivity contribution is 8.00. The number of rotatable bonds is 10. The zero-order chi connectivity index (χ0) is 28.4. The summed E-state index contributed by atoms with van der Waals surface area (Å²) in [7, 11) is 0. The molecule has 0 atom stereocenters. The fraction of sp³-hybridized carbons (Fsp3) is 0.0323. The number of hydrogen-bond donors (Lipinski definition) is 3. The molecule has 0 saturated heterocycles. The number of amides is 3. The Morgan fingerprint density at radius 1 is 0.829 bits per heavy atom. The van der Waals surface area contributed by atoms with Gasteiger partial charge in [-0.05, 0) is 64.9 Å². The van der Waals surface area contributed by atoms with Crippen molar-refractivity contribution in [3.8, 4) is 11.3 Å². The lowest BCUT2D eigenvalue weighted by Gasteiger charge is -2.11. The minimum atomic E-state index is -0.446. The average Bonchev–Trinajstić information content (AvgIpc) is 3.70. The van der Waals surface area contributed by atoms with E-state index >= 15 is 0 Å². The van der Waals surface area contributed by atoms with Gasteiger partial charge in [0.15, 0.2) is 5.13 Å². The maximum absolute atomic E-state index is 13.1. The van der Waals surface area contributed by atoms with Crippen molar-refractivity contribution in [2.75, 3.05) is 16.4 Å². The van der Waals surface area contributed by atoms with E-state index in [-0.39, 0.29) is 23.3 Å². The molecule has 0 saturated carbocycles. The first-order valence-electron chi connectivity index (χ1n) is 12.5. The molecule has 204 valence electrons. The smallest absolute Gasteiger partial charge is 0.272 e. The molecule has 0 aliphatic heterocycles. The molecule has 10 heteroatoms. The molecule has 3 aromatic carbocycles. The van der Waals surface area contributed by atoms with Crippen molar-refractivity contribution in [1.29, 1.82) is 0 Å². The van der Waals surface area contributed by atoms with Gasteiger partial charge in [-0.25, -0.2) is 4.98 Å². The van der Waals surface area contributed by atoms with Gasteiger partial charge in [-0.2, -0.15) is 11.3 Å². The average molecular weight is 597 g/mol. The summed E-state index contributed by atoms with van der Waals surface area (Å²) in [4.78, 5) is 43.7. The number of aromatic nitrogens is 1. The highest BCUT2D eigenvalue weighted by Gasteiger charge is 2.15. The van der Waals surface area contributed by atoms with Gasteiger partial charge in [0.05, 0.1) is 11.4 Å². The van der Waals surface area contributed by atoms with Crippen molar-refractivity contribution in [1.82, 2.24) is 10.3 Å². The van der Waals surface area contributed by atoms with Crippen molar-refractivity contribution in [3.63, 3.8) is 0 Å². The Labute approximate surface area is 249 Å². The van der Waals surface area contributed by atoms with Crippen LogP contribution in [0.2, 0.25) is 0 Å². The monoisotopic (exact) mass is 596 g/mol. The third-order valence-corrected chi connectivity index (χ3v) is 8.16. The van der Waals surface area contributed by atoms with Crippen LogP contribution in [0.15, 0.2) is 118 Å². The molecule has 0 bridgehead atoms. The molecule has 0 spiro atoms. The maximum atomic E-state index is 13.1. The molecule has 0 radical (unpaired) electrons. The van der Waals surface area contributed by atoms with Gasteiger partial charge in [0.2, 0.25) is 5.91 Å². The van der Waals surface area contributed by atoms with Gasteiger partial charge >= 0.3 is 0 Å². The van der Waals surface area contributed by atoms with Crippen LogP contribution in [0.1, 0.15) is 15.9 Å². The lowest BCUT2D eigenvalue weighted by molar-refractivity contribution is -0.114. The molecule has 5 aromatic rings. The molecular weight excluding hydrogens is 573 g/mol. The van der Waals surface area contributed by atoms with Crippen LogP contribution in [0.4, 0.5) is 10.8 Å². The molecule has 7 nitrogen and oxygen atoms in total. The Kier molecular flexibility index (Phi) is 9.37. The van der Waals surface area contributed by atoms with Crippen LogP contribution < -0.4 is 16.0 Å². The number of carbonyl (C=O) groups is 3. The van der Waals surface area contributed by atoms with E-state index < -0.39 is 5.91 Å². The number of benzene rings is 3. The van der Waals surface area contributed by atoms with Gasteiger partial charge in [-0.15, -0.1) is 23.1 Å². The summed E-state index contributed by atoms with van der Waals surface area (Å²) < 4.78 is 0. The molecule has 0 unspecified atom stereocenters. The lowest BCUT2D eigenvalue weighted by atomic mass is 10.2. The molecule has 3 N–H and O–H groups in total. The largest absolute Gasteiger partial charge is 0.321 e. The van der Waals surface area contributed by atoms with Crippen molar-refractivity contribution in [3.05, 3.63) is 124 Å². The normalized spacial score (nSPS) is 11.1. The predicted molar refractivity (Wildman–Crippen MR) is 168 cm³/mol. The molecule has 0 fully saturated rings. The second kappa shape index (κ2) is 13.7. The second-order valence-corrected chi connectivity index (χ2v) is 11.3. The van der Waals surface area contributed by atoms with E-state index in [0.29, 0.717) is 16.4 Å².